The van der Waals surface area contributed by atoms with Gasteiger partial charge in [0, 0.05) is 5.54 Å². The van der Waals surface area contributed by atoms with Gasteiger partial charge in [-0.2, -0.15) is 4.68 Å². The summed E-state index contributed by atoms with van der Waals surface area (Å²) in [5.41, 5.74) is 3.48. The maximum atomic E-state index is 4.10. The Hall–Kier alpha value is -1.75. The van der Waals surface area contributed by atoms with Crippen molar-refractivity contribution in [3.63, 3.8) is 0 Å². The molecular weight excluding hydrogens is 238 g/mol. The maximum Gasteiger partial charge on any atom is 0.170 e. The van der Waals surface area contributed by atoms with Crippen molar-refractivity contribution >= 4 is 0 Å². The lowest BCUT2D eigenvalue weighted by atomic mass is 10.1. The Morgan fingerprint density at radius 1 is 1.21 bits per heavy atom. The average Bonchev–Trinajstić information content (AvgIpc) is 2.73. The Kier molecular flexibility index (Phi) is 3.66. The number of rotatable bonds is 3. The summed E-state index contributed by atoms with van der Waals surface area (Å²) in [6.07, 6.45) is 0. The molecule has 0 spiro atoms. The summed E-state index contributed by atoms with van der Waals surface area (Å²) in [5.74, 6) is 0.821. The first-order chi connectivity index (χ1) is 8.87. The molecule has 2 rings (SSSR count). The van der Waals surface area contributed by atoms with Crippen molar-refractivity contribution in [2.24, 2.45) is 0 Å². The molecule has 5 nitrogen and oxygen atoms in total. The predicted octanol–water partition coefficient (Wildman–Crippen LogP) is 2.17. The van der Waals surface area contributed by atoms with Gasteiger partial charge >= 0.3 is 0 Å². The van der Waals surface area contributed by atoms with E-state index in [2.05, 4.69) is 73.7 Å². The first kappa shape index (κ1) is 13.7. The Balaban J connectivity index is 2.28. The number of nitrogens with zero attached hydrogens (tertiary/aromatic N) is 4. The van der Waals surface area contributed by atoms with Crippen LogP contribution in [0.3, 0.4) is 0 Å². The lowest BCUT2D eigenvalue weighted by Crippen LogP contribution is -2.36. The van der Waals surface area contributed by atoms with Gasteiger partial charge in [0.15, 0.2) is 5.82 Å². The first-order valence-electron chi connectivity index (χ1n) is 6.47. The molecule has 0 fully saturated rings. The summed E-state index contributed by atoms with van der Waals surface area (Å²) in [6, 6.07) is 6.27. The molecule has 0 unspecified atom stereocenters. The Morgan fingerprint density at radius 3 is 2.58 bits per heavy atom. The Morgan fingerprint density at radius 2 is 1.95 bits per heavy atom. The monoisotopic (exact) mass is 259 g/mol. The fourth-order valence-electron chi connectivity index (χ4n) is 1.89. The minimum atomic E-state index is 0.0408. The van der Waals surface area contributed by atoms with E-state index < -0.39 is 0 Å². The molecule has 1 heterocycles. The summed E-state index contributed by atoms with van der Waals surface area (Å²) >= 11 is 0. The highest BCUT2D eigenvalue weighted by atomic mass is 15.5. The number of hydrogen-bond donors (Lipinski definition) is 1. The van der Waals surface area contributed by atoms with Gasteiger partial charge < -0.3 is 5.32 Å². The van der Waals surface area contributed by atoms with Gasteiger partial charge in [-0.05, 0) is 56.7 Å². The summed E-state index contributed by atoms with van der Waals surface area (Å²) in [4.78, 5) is 0. The summed E-state index contributed by atoms with van der Waals surface area (Å²) in [6.45, 7) is 11.2. The first-order valence-corrected chi connectivity index (χ1v) is 6.47. The zero-order valence-electron chi connectivity index (χ0n) is 12.2. The van der Waals surface area contributed by atoms with Crippen LogP contribution in [-0.2, 0) is 6.54 Å². The zero-order chi connectivity index (χ0) is 14.0. The molecule has 1 aromatic carbocycles. The lowest BCUT2D eigenvalue weighted by Gasteiger charge is -2.20. The van der Waals surface area contributed by atoms with Crippen molar-refractivity contribution in [3.05, 3.63) is 35.2 Å². The van der Waals surface area contributed by atoms with Gasteiger partial charge in [-0.3, -0.25) is 0 Å². The number of hydrogen-bond acceptors (Lipinski definition) is 4. The fourth-order valence-corrected chi connectivity index (χ4v) is 1.89. The molecule has 0 aliphatic carbocycles. The van der Waals surface area contributed by atoms with E-state index in [1.165, 1.54) is 11.1 Å². The second kappa shape index (κ2) is 5.09. The zero-order valence-corrected chi connectivity index (χ0v) is 12.2. The van der Waals surface area contributed by atoms with Crippen molar-refractivity contribution in [2.75, 3.05) is 0 Å². The van der Waals surface area contributed by atoms with Gasteiger partial charge in [-0.1, -0.05) is 17.7 Å². The minimum Gasteiger partial charge on any atom is -0.305 e. The number of benzene rings is 1. The van der Waals surface area contributed by atoms with Crippen LogP contribution in [0.25, 0.3) is 5.69 Å². The summed E-state index contributed by atoms with van der Waals surface area (Å²) in [7, 11) is 0. The predicted molar refractivity (Wildman–Crippen MR) is 75.2 cm³/mol. The van der Waals surface area contributed by atoms with Crippen LogP contribution in [0.15, 0.2) is 18.2 Å². The Bertz CT molecular complexity index is 565. The van der Waals surface area contributed by atoms with Crippen LogP contribution >= 0.6 is 0 Å². The van der Waals surface area contributed by atoms with Gasteiger partial charge in [0.05, 0.1) is 12.2 Å². The average molecular weight is 259 g/mol. The standard InChI is InChI=1S/C14H21N5/c1-10-6-7-12(11(2)8-10)19-13(16-17-18-19)9-15-14(3,4)5/h6-8,15H,9H2,1-5H3. The highest BCUT2D eigenvalue weighted by Crippen LogP contribution is 2.15. The van der Waals surface area contributed by atoms with E-state index in [1.807, 2.05) is 0 Å². The van der Waals surface area contributed by atoms with E-state index in [0.29, 0.717) is 6.54 Å². The quantitative estimate of drug-likeness (QED) is 0.917. The summed E-state index contributed by atoms with van der Waals surface area (Å²) < 4.78 is 1.80. The largest absolute Gasteiger partial charge is 0.305 e. The molecule has 5 heteroatoms. The van der Waals surface area contributed by atoms with Crippen LogP contribution < -0.4 is 5.32 Å². The minimum absolute atomic E-state index is 0.0408. The smallest absolute Gasteiger partial charge is 0.170 e. The van der Waals surface area contributed by atoms with Crippen molar-refractivity contribution in [1.29, 1.82) is 0 Å². The molecule has 1 aromatic heterocycles. The molecule has 0 saturated carbocycles. The van der Waals surface area contributed by atoms with Gasteiger partial charge in [-0.15, -0.1) is 5.10 Å². The molecule has 0 saturated heterocycles. The fraction of sp³-hybridized carbons (Fsp3) is 0.500. The third-order valence-electron chi connectivity index (χ3n) is 2.89. The van der Waals surface area contributed by atoms with E-state index in [9.17, 15) is 0 Å². The molecule has 102 valence electrons. The molecule has 19 heavy (non-hydrogen) atoms. The number of aromatic nitrogens is 4. The van der Waals surface area contributed by atoms with E-state index in [0.717, 1.165) is 11.5 Å². The second-order valence-corrected chi connectivity index (χ2v) is 5.90. The molecule has 0 amide bonds. The topological polar surface area (TPSA) is 55.6 Å². The van der Waals surface area contributed by atoms with Crippen molar-refractivity contribution in [2.45, 2.75) is 46.7 Å². The Labute approximate surface area is 114 Å². The van der Waals surface area contributed by atoms with Crippen molar-refractivity contribution < 1.29 is 0 Å². The van der Waals surface area contributed by atoms with Crippen LogP contribution in [0.1, 0.15) is 37.7 Å². The van der Waals surface area contributed by atoms with Crippen molar-refractivity contribution in [1.82, 2.24) is 25.5 Å². The van der Waals surface area contributed by atoms with Crippen LogP contribution in [0.4, 0.5) is 0 Å². The third kappa shape index (κ3) is 3.38. The molecule has 0 bridgehead atoms. The van der Waals surface area contributed by atoms with Crippen LogP contribution in [0.5, 0.6) is 0 Å². The molecular formula is C14H21N5. The normalized spacial score (nSPS) is 11.8. The SMILES string of the molecule is Cc1ccc(-n2nnnc2CNC(C)(C)C)c(C)c1. The molecule has 0 radical (unpaired) electrons. The highest BCUT2D eigenvalue weighted by Gasteiger charge is 2.14. The van der Waals surface area contributed by atoms with E-state index in [1.54, 1.807) is 4.68 Å². The number of aryl methyl sites for hydroxylation is 2. The summed E-state index contributed by atoms with van der Waals surface area (Å²) in [5, 5.41) is 15.4. The molecule has 0 aliphatic rings. The molecule has 0 atom stereocenters. The van der Waals surface area contributed by atoms with E-state index in [-0.39, 0.29) is 5.54 Å². The van der Waals surface area contributed by atoms with Gasteiger partial charge in [0.25, 0.3) is 0 Å². The lowest BCUT2D eigenvalue weighted by molar-refractivity contribution is 0.415. The second-order valence-electron chi connectivity index (χ2n) is 5.90. The van der Waals surface area contributed by atoms with Crippen LogP contribution in [-0.4, -0.2) is 25.7 Å². The van der Waals surface area contributed by atoms with Crippen molar-refractivity contribution in [3.8, 4) is 5.69 Å². The number of nitrogens with one attached hydrogen (secondary N) is 1. The molecule has 0 aliphatic heterocycles. The molecule has 2 aromatic rings. The molecule has 1 N–H and O–H groups in total. The van der Waals surface area contributed by atoms with Gasteiger partial charge in [0.2, 0.25) is 0 Å². The third-order valence-corrected chi connectivity index (χ3v) is 2.89. The van der Waals surface area contributed by atoms with Gasteiger partial charge in [-0.25, -0.2) is 0 Å². The van der Waals surface area contributed by atoms with Crippen LogP contribution in [0, 0.1) is 13.8 Å². The van der Waals surface area contributed by atoms with Crippen LogP contribution in [0.2, 0.25) is 0 Å². The number of tetrazole rings is 1. The highest BCUT2D eigenvalue weighted by molar-refractivity contribution is 5.42. The van der Waals surface area contributed by atoms with E-state index >= 15 is 0 Å². The van der Waals surface area contributed by atoms with E-state index in [4.69, 9.17) is 0 Å². The maximum absolute atomic E-state index is 4.10. The van der Waals surface area contributed by atoms with Gasteiger partial charge in [0.1, 0.15) is 0 Å².